The monoisotopic (exact) mass is 209 g/mol. The zero-order valence-corrected chi connectivity index (χ0v) is 8.87. The molecule has 0 unspecified atom stereocenters. The molecule has 0 amide bonds. The van der Waals surface area contributed by atoms with Gasteiger partial charge in [-0.3, -0.25) is 0 Å². The Bertz CT molecular complexity index is 306. The van der Waals surface area contributed by atoms with Gasteiger partial charge in [-0.25, -0.2) is 4.39 Å². The van der Waals surface area contributed by atoms with Crippen molar-refractivity contribution in [2.24, 2.45) is 0 Å². The van der Waals surface area contributed by atoms with Gasteiger partial charge in [-0.05, 0) is 30.5 Å². The topological polar surface area (TPSA) is 21.3 Å². The Morgan fingerprint density at radius 1 is 1.33 bits per heavy atom. The Kier molecular flexibility index (Phi) is 3.34. The van der Waals surface area contributed by atoms with E-state index in [1.807, 2.05) is 12.1 Å². The average Bonchev–Trinajstić information content (AvgIpc) is 2.19. The second-order valence-corrected chi connectivity index (χ2v) is 4.03. The molecular weight excluding hydrogens is 193 g/mol. The molecule has 0 bridgehead atoms. The van der Waals surface area contributed by atoms with Gasteiger partial charge in [0.1, 0.15) is 5.82 Å². The van der Waals surface area contributed by atoms with Gasteiger partial charge < -0.3 is 10.1 Å². The highest BCUT2D eigenvalue weighted by Crippen LogP contribution is 2.22. The molecule has 1 aromatic carbocycles. The number of rotatable bonds is 4. The largest absolute Gasteiger partial charge is 0.381 e. The van der Waals surface area contributed by atoms with Gasteiger partial charge in [-0.2, -0.15) is 0 Å². The van der Waals surface area contributed by atoms with Crippen molar-refractivity contribution in [3.05, 3.63) is 35.6 Å². The van der Waals surface area contributed by atoms with E-state index in [9.17, 15) is 4.39 Å². The molecule has 2 nitrogen and oxygen atoms in total. The van der Waals surface area contributed by atoms with E-state index in [1.54, 1.807) is 7.11 Å². The van der Waals surface area contributed by atoms with Gasteiger partial charge in [-0.15, -0.1) is 0 Å². The van der Waals surface area contributed by atoms with Gasteiger partial charge in [0.05, 0.1) is 6.10 Å². The van der Waals surface area contributed by atoms with Crippen LogP contribution < -0.4 is 5.32 Å². The molecule has 1 aliphatic carbocycles. The van der Waals surface area contributed by atoms with Gasteiger partial charge in [0.25, 0.3) is 0 Å². The van der Waals surface area contributed by atoms with Crippen molar-refractivity contribution in [3.63, 3.8) is 0 Å². The standard InChI is InChI=1S/C12H16FNO/c1-15-12-6-11(7-12)14-8-9-2-4-10(13)5-3-9/h2-5,11-12,14H,6-8H2,1H3. The van der Waals surface area contributed by atoms with Crippen molar-refractivity contribution in [3.8, 4) is 0 Å². The van der Waals surface area contributed by atoms with Crippen LogP contribution >= 0.6 is 0 Å². The van der Waals surface area contributed by atoms with Crippen LogP contribution in [0.3, 0.4) is 0 Å². The predicted molar refractivity (Wildman–Crippen MR) is 57.1 cm³/mol. The van der Waals surface area contributed by atoms with E-state index < -0.39 is 0 Å². The molecule has 82 valence electrons. The Morgan fingerprint density at radius 2 is 2.00 bits per heavy atom. The molecule has 1 N–H and O–H groups in total. The third kappa shape index (κ3) is 2.76. The van der Waals surface area contributed by atoms with Crippen molar-refractivity contribution in [1.82, 2.24) is 5.32 Å². The maximum atomic E-state index is 12.6. The summed E-state index contributed by atoms with van der Waals surface area (Å²) in [5.41, 5.74) is 1.12. The summed E-state index contributed by atoms with van der Waals surface area (Å²) in [4.78, 5) is 0. The fourth-order valence-electron chi connectivity index (χ4n) is 1.79. The molecular formula is C12H16FNO. The average molecular weight is 209 g/mol. The van der Waals surface area contributed by atoms with Crippen LogP contribution in [0.1, 0.15) is 18.4 Å². The Morgan fingerprint density at radius 3 is 2.60 bits per heavy atom. The summed E-state index contributed by atoms with van der Waals surface area (Å²) in [5.74, 6) is -0.179. The molecule has 0 heterocycles. The summed E-state index contributed by atoms with van der Waals surface area (Å²) < 4.78 is 17.8. The van der Waals surface area contributed by atoms with Crippen LogP contribution in [-0.2, 0) is 11.3 Å². The van der Waals surface area contributed by atoms with Crippen LogP contribution in [0.25, 0.3) is 0 Å². The van der Waals surface area contributed by atoms with Crippen molar-refractivity contribution >= 4 is 0 Å². The number of ether oxygens (including phenoxy) is 1. The second-order valence-electron chi connectivity index (χ2n) is 4.03. The van der Waals surface area contributed by atoms with Crippen LogP contribution in [0, 0.1) is 5.82 Å². The van der Waals surface area contributed by atoms with Gasteiger partial charge in [-0.1, -0.05) is 12.1 Å². The zero-order valence-electron chi connectivity index (χ0n) is 8.87. The van der Waals surface area contributed by atoms with E-state index in [-0.39, 0.29) is 5.82 Å². The molecule has 0 saturated heterocycles. The number of hydrogen-bond acceptors (Lipinski definition) is 2. The summed E-state index contributed by atoms with van der Waals surface area (Å²) in [6, 6.07) is 7.18. The van der Waals surface area contributed by atoms with Crippen LogP contribution in [0.2, 0.25) is 0 Å². The molecule has 3 heteroatoms. The summed E-state index contributed by atoms with van der Waals surface area (Å²) >= 11 is 0. The third-order valence-corrected chi connectivity index (χ3v) is 2.94. The van der Waals surface area contributed by atoms with Crippen LogP contribution in [0.15, 0.2) is 24.3 Å². The van der Waals surface area contributed by atoms with Crippen molar-refractivity contribution in [1.29, 1.82) is 0 Å². The lowest BCUT2D eigenvalue weighted by molar-refractivity contribution is 0.0170. The summed E-state index contributed by atoms with van der Waals surface area (Å²) in [6.07, 6.45) is 2.59. The molecule has 1 aliphatic rings. The lowest BCUT2D eigenvalue weighted by Crippen LogP contribution is -2.44. The van der Waals surface area contributed by atoms with Gasteiger partial charge >= 0.3 is 0 Å². The van der Waals surface area contributed by atoms with Crippen LogP contribution in [0.4, 0.5) is 4.39 Å². The zero-order chi connectivity index (χ0) is 10.7. The highest BCUT2D eigenvalue weighted by molar-refractivity contribution is 5.15. The first-order valence-electron chi connectivity index (χ1n) is 5.28. The normalized spacial score (nSPS) is 24.9. The molecule has 1 fully saturated rings. The maximum absolute atomic E-state index is 12.6. The van der Waals surface area contributed by atoms with E-state index in [4.69, 9.17) is 4.74 Å². The number of benzene rings is 1. The molecule has 2 rings (SSSR count). The number of nitrogens with one attached hydrogen (secondary N) is 1. The minimum atomic E-state index is -0.179. The Balaban J connectivity index is 1.72. The minimum Gasteiger partial charge on any atom is -0.381 e. The van der Waals surface area contributed by atoms with Gasteiger partial charge in [0.15, 0.2) is 0 Å². The fraction of sp³-hybridized carbons (Fsp3) is 0.500. The van der Waals surface area contributed by atoms with Gasteiger partial charge in [0, 0.05) is 19.7 Å². The highest BCUT2D eigenvalue weighted by Gasteiger charge is 2.28. The van der Waals surface area contributed by atoms with Crippen molar-refractivity contribution in [2.75, 3.05) is 7.11 Å². The lowest BCUT2D eigenvalue weighted by Gasteiger charge is -2.34. The van der Waals surface area contributed by atoms with Crippen molar-refractivity contribution in [2.45, 2.75) is 31.5 Å². The molecule has 15 heavy (non-hydrogen) atoms. The maximum Gasteiger partial charge on any atom is 0.123 e. The van der Waals surface area contributed by atoms with E-state index in [1.165, 1.54) is 12.1 Å². The lowest BCUT2D eigenvalue weighted by atomic mass is 9.89. The first-order chi connectivity index (χ1) is 7.28. The quantitative estimate of drug-likeness (QED) is 0.820. The first kappa shape index (κ1) is 10.6. The first-order valence-corrected chi connectivity index (χ1v) is 5.28. The number of hydrogen-bond donors (Lipinski definition) is 1. The van der Waals surface area contributed by atoms with E-state index in [2.05, 4.69) is 5.32 Å². The van der Waals surface area contributed by atoms with Gasteiger partial charge in [0.2, 0.25) is 0 Å². The molecule has 0 radical (unpaired) electrons. The third-order valence-electron chi connectivity index (χ3n) is 2.94. The Labute approximate surface area is 89.4 Å². The van der Waals surface area contributed by atoms with E-state index in [0.717, 1.165) is 24.9 Å². The molecule has 1 aromatic rings. The smallest absolute Gasteiger partial charge is 0.123 e. The van der Waals surface area contributed by atoms with Crippen LogP contribution in [0.5, 0.6) is 0 Å². The predicted octanol–water partition coefficient (Wildman–Crippen LogP) is 2.09. The van der Waals surface area contributed by atoms with E-state index >= 15 is 0 Å². The SMILES string of the molecule is COC1CC(NCc2ccc(F)cc2)C1. The molecule has 0 atom stereocenters. The van der Waals surface area contributed by atoms with E-state index in [0.29, 0.717) is 12.1 Å². The molecule has 0 aliphatic heterocycles. The van der Waals surface area contributed by atoms with Crippen LogP contribution in [-0.4, -0.2) is 19.3 Å². The molecule has 0 spiro atoms. The Hall–Kier alpha value is -0.930. The fourth-order valence-corrected chi connectivity index (χ4v) is 1.79. The second kappa shape index (κ2) is 4.73. The minimum absolute atomic E-state index is 0.179. The summed E-state index contributed by atoms with van der Waals surface area (Å²) in [7, 11) is 1.75. The molecule has 1 saturated carbocycles. The van der Waals surface area contributed by atoms with Crippen molar-refractivity contribution < 1.29 is 9.13 Å². The number of methoxy groups -OCH3 is 1. The molecule has 0 aromatic heterocycles. The highest BCUT2D eigenvalue weighted by atomic mass is 19.1. The summed E-state index contributed by atoms with van der Waals surface area (Å²) in [6.45, 7) is 0.807. The summed E-state index contributed by atoms with van der Waals surface area (Å²) in [5, 5.41) is 3.42. The number of halogens is 1.